The second-order valence-corrected chi connectivity index (χ2v) is 3.32. The van der Waals surface area contributed by atoms with E-state index in [-0.39, 0.29) is 18.5 Å². The van der Waals surface area contributed by atoms with E-state index in [9.17, 15) is 28.2 Å². The lowest BCUT2D eigenvalue weighted by atomic mass is 10.0. The monoisotopic (exact) mass is 249 g/mol. The van der Waals surface area contributed by atoms with Crippen LogP contribution in [0.2, 0.25) is 0 Å². The molecule has 0 heterocycles. The van der Waals surface area contributed by atoms with E-state index in [2.05, 4.69) is 0 Å². The quantitative estimate of drug-likeness (QED) is 0.561. The number of phenolic OH excluding ortho intramolecular Hbond substituents is 2. The molecule has 0 aliphatic carbocycles. The largest absolute Gasteiger partial charge is 0.504 e. The van der Waals surface area contributed by atoms with Crippen LogP contribution in [0.4, 0.5) is 13.2 Å². The second-order valence-electron chi connectivity index (χ2n) is 3.32. The summed E-state index contributed by atoms with van der Waals surface area (Å²) >= 11 is 0. The first-order valence-corrected chi connectivity index (χ1v) is 4.64. The van der Waals surface area contributed by atoms with Gasteiger partial charge in [-0.3, -0.25) is 4.79 Å². The molecule has 1 aromatic carbocycles. The van der Waals surface area contributed by atoms with Gasteiger partial charge in [0.25, 0.3) is 0 Å². The highest BCUT2D eigenvalue weighted by Gasteiger charge is 2.36. The third kappa shape index (κ3) is 2.68. The van der Waals surface area contributed by atoms with Crippen molar-refractivity contribution in [2.75, 3.05) is 6.54 Å². The number of carbonyl (C=O) groups is 1. The Kier molecular flexibility index (Phi) is 3.62. The second kappa shape index (κ2) is 4.62. The zero-order valence-electron chi connectivity index (χ0n) is 8.58. The van der Waals surface area contributed by atoms with Crippen LogP contribution in [0.25, 0.3) is 0 Å². The zero-order valence-corrected chi connectivity index (χ0v) is 8.58. The van der Waals surface area contributed by atoms with E-state index in [1.54, 1.807) is 0 Å². The van der Waals surface area contributed by atoms with Gasteiger partial charge in [-0.25, -0.2) is 0 Å². The summed E-state index contributed by atoms with van der Waals surface area (Å²) in [6.07, 6.45) is -4.92. The number of rotatable bonds is 3. The highest BCUT2D eigenvalue weighted by molar-refractivity contribution is 5.99. The fraction of sp³-hybridized carbons (Fsp3) is 0.300. The third-order valence-corrected chi connectivity index (χ3v) is 2.13. The van der Waals surface area contributed by atoms with Crippen LogP contribution in [0.5, 0.6) is 11.5 Å². The van der Waals surface area contributed by atoms with Gasteiger partial charge in [-0.05, 0) is 18.7 Å². The summed E-state index contributed by atoms with van der Waals surface area (Å²) in [7, 11) is 0. The number of ketones is 1. The molecule has 0 saturated heterocycles. The molecule has 0 amide bonds. The number of carbonyl (C=O) groups excluding carboxylic acids is 1. The number of benzene rings is 1. The molecule has 0 radical (unpaired) electrons. The molecule has 0 saturated carbocycles. The molecule has 1 aromatic rings. The Bertz CT molecular complexity index is 443. The number of phenols is 2. The molecule has 0 aromatic heterocycles. The molecule has 0 unspecified atom stereocenters. The smallest absolute Gasteiger partial charge is 0.420 e. The number of aromatic hydroxyl groups is 2. The predicted molar refractivity (Wildman–Crippen MR) is 52.8 cm³/mol. The van der Waals surface area contributed by atoms with Crippen LogP contribution in [-0.2, 0) is 6.18 Å². The molecule has 7 heteroatoms. The summed E-state index contributed by atoms with van der Waals surface area (Å²) in [5.74, 6) is -3.05. The van der Waals surface area contributed by atoms with Crippen LogP contribution in [0.3, 0.4) is 0 Å². The maximum Gasteiger partial charge on any atom is 0.420 e. The summed E-state index contributed by atoms with van der Waals surface area (Å²) < 4.78 is 37.0. The van der Waals surface area contributed by atoms with Crippen molar-refractivity contribution in [1.29, 1.82) is 0 Å². The molecule has 0 fully saturated rings. The lowest BCUT2D eigenvalue weighted by Gasteiger charge is -2.12. The van der Waals surface area contributed by atoms with E-state index in [1.165, 1.54) is 0 Å². The molecule has 94 valence electrons. The van der Waals surface area contributed by atoms with Gasteiger partial charge in [-0.2, -0.15) is 13.2 Å². The number of hydrogen-bond donors (Lipinski definition) is 3. The molecule has 0 spiro atoms. The van der Waals surface area contributed by atoms with Gasteiger partial charge in [0.05, 0.1) is 5.56 Å². The highest BCUT2D eigenvalue weighted by atomic mass is 19.4. The zero-order chi connectivity index (χ0) is 13.2. The van der Waals surface area contributed by atoms with Crippen LogP contribution < -0.4 is 5.73 Å². The van der Waals surface area contributed by atoms with Gasteiger partial charge in [0, 0.05) is 6.42 Å². The Morgan fingerprint density at radius 2 is 1.82 bits per heavy atom. The molecule has 4 nitrogen and oxygen atoms in total. The third-order valence-electron chi connectivity index (χ3n) is 2.13. The van der Waals surface area contributed by atoms with Crippen molar-refractivity contribution in [3.05, 3.63) is 23.3 Å². The number of Topliss-reactive ketones (excluding diaryl/α,β-unsaturated/α-hetero) is 1. The van der Waals surface area contributed by atoms with Crippen LogP contribution in [0, 0.1) is 0 Å². The van der Waals surface area contributed by atoms with Gasteiger partial charge >= 0.3 is 6.18 Å². The Morgan fingerprint density at radius 1 is 1.24 bits per heavy atom. The van der Waals surface area contributed by atoms with Gasteiger partial charge in [0.15, 0.2) is 17.3 Å². The molecule has 1 rings (SSSR count). The molecule has 0 atom stereocenters. The Hall–Kier alpha value is -1.76. The van der Waals surface area contributed by atoms with Crippen molar-refractivity contribution in [2.45, 2.75) is 12.6 Å². The minimum Gasteiger partial charge on any atom is -0.504 e. The summed E-state index contributed by atoms with van der Waals surface area (Å²) in [5.41, 5.74) is 3.35. The van der Waals surface area contributed by atoms with Crippen molar-refractivity contribution in [3.8, 4) is 11.5 Å². The maximum atomic E-state index is 12.3. The van der Waals surface area contributed by atoms with Crippen LogP contribution in [-0.4, -0.2) is 22.5 Å². The van der Waals surface area contributed by atoms with Crippen molar-refractivity contribution < 1.29 is 28.2 Å². The summed E-state index contributed by atoms with van der Waals surface area (Å²) in [6.45, 7) is 0.0000570. The van der Waals surface area contributed by atoms with Gasteiger partial charge in [0.2, 0.25) is 0 Å². The number of halogens is 3. The minimum absolute atomic E-state index is 0.0000570. The topological polar surface area (TPSA) is 83.6 Å². The average Bonchev–Trinajstić information content (AvgIpc) is 2.20. The van der Waals surface area contributed by atoms with E-state index in [0.717, 1.165) is 6.07 Å². The standard InChI is InChI=1S/C10H10F3NO3/c11-10(12,13)6-2-1-5(7(15)3-4-14)8(16)9(6)17/h1-2,16-17H,3-4,14H2. The molecule has 17 heavy (non-hydrogen) atoms. The van der Waals surface area contributed by atoms with Gasteiger partial charge in [-0.1, -0.05) is 0 Å². The summed E-state index contributed by atoms with van der Waals surface area (Å²) in [4.78, 5) is 11.3. The molecular formula is C10H10F3NO3. The highest BCUT2D eigenvalue weighted by Crippen LogP contribution is 2.42. The van der Waals surface area contributed by atoms with Crippen LogP contribution in [0.15, 0.2) is 12.1 Å². The van der Waals surface area contributed by atoms with E-state index in [4.69, 9.17) is 5.73 Å². The predicted octanol–water partition coefficient (Wildman–Crippen LogP) is 1.65. The van der Waals surface area contributed by atoms with Crippen molar-refractivity contribution in [1.82, 2.24) is 0 Å². The summed E-state index contributed by atoms with van der Waals surface area (Å²) in [5, 5.41) is 18.5. The Morgan fingerprint density at radius 3 is 2.29 bits per heavy atom. The summed E-state index contributed by atoms with van der Waals surface area (Å²) in [6, 6.07) is 1.36. The first-order chi connectivity index (χ1) is 7.79. The number of nitrogens with two attached hydrogens (primary N) is 1. The lowest BCUT2D eigenvalue weighted by molar-refractivity contribution is -0.138. The molecule has 0 bridgehead atoms. The minimum atomic E-state index is -4.79. The van der Waals surface area contributed by atoms with Crippen molar-refractivity contribution >= 4 is 5.78 Å². The lowest BCUT2D eigenvalue weighted by Crippen LogP contribution is -2.10. The fourth-order valence-electron chi connectivity index (χ4n) is 1.30. The van der Waals surface area contributed by atoms with E-state index < -0.39 is 29.0 Å². The number of hydrogen-bond acceptors (Lipinski definition) is 4. The SMILES string of the molecule is NCCC(=O)c1ccc(C(F)(F)F)c(O)c1O. The molecule has 4 N–H and O–H groups in total. The maximum absolute atomic E-state index is 12.3. The number of alkyl halides is 3. The van der Waals surface area contributed by atoms with Crippen LogP contribution >= 0.6 is 0 Å². The molecule has 0 aliphatic heterocycles. The Labute approximate surface area is 94.5 Å². The first-order valence-electron chi connectivity index (χ1n) is 4.64. The average molecular weight is 249 g/mol. The van der Waals surface area contributed by atoms with Crippen LogP contribution in [0.1, 0.15) is 22.3 Å². The first kappa shape index (κ1) is 13.3. The van der Waals surface area contributed by atoms with Crippen molar-refractivity contribution in [3.63, 3.8) is 0 Å². The normalized spacial score (nSPS) is 11.5. The van der Waals surface area contributed by atoms with Gasteiger partial charge < -0.3 is 15.9 Å². The fourth-order valence-corrected chi connectivity index (χ4v) is 1.30. The Balaban J connectivity index is 3.25. The molecule has 0 aliphatic rings. The van der Waals surface area contributed by atoms with E-state index in [1.807, 2.05) is 0 Å². The van der Waals surface area contributed by atoms with Gasteiger partial charge in [0.1, 0.15) is 5.56 Å². The van der Waals surface area contributed by atoms with Crippen molar-refractivity contribution in [2.24, 2.45) is 5.73 Å². The van der Waals surface area contributed by atoms with E-state index >= 15 is 0 Å². The molecular weight excluding hydrogens is 239 g/mol. The van der Waals surface area contributed by atoms with E-state index in [0.29, 0.717) is 6.07 Å². The van der Waals surface area contributed by atoms with Gasteiger partial charge in [-0.15, -0.1) is 0 Å².